The summed E-state index contributed by atoms with van der Waals surface area (Å²) in [5.41, 5.74) is 1.84. The average molecular weight is 404 g/mol. The molecule has 4 atom stereocenters. The summed E-state index contributed by atoms with van der Waals surface area (Å²) in [5, 5.41) is 15.5. The van der Waals surface area contributed by atoms with Crippen LogP contribution in [0.2, 0.25) is 0 Å². The number of rotatable bonds is 6. The van der Waals surface area contributed by atoms with Crippen LogP contribution in [0.3, 0.4) is 0 Å². The predicted octanol–water partition coefficient (Wildman–Crippen LogP) is 3.40. The molecule has 0 bridgehead atoms. The average Bonchev–Trinajstić information content (AvgIpc) is 3.13. The fraction of sp³-hybridized carbons (Fsp3) is 0.600. The Morgan fingerprint density at radius 2 is 2.14 bits per heavy atom. The third-order valence-electron chi connectivity index (χ3n) is 5.69. The van der Waals surface area contributed by atoms with Crippen LogP contribution in [0, 0.1) is 18.8 Å². The zero-order valence-corrected chi connectivity index (χ0v) is 18.0. The minimum absolute atomic E-state index is 0.0294. The standard InChI is InChI=1S/C20H29N5O2S/c1-12-9-10-18(27-5)17(11-12)25-20(22-23-24-25)28-15(4)19(26)21-16-8-6-7-13(2)14(16)3/h9-11,13-16H,6-8H2,1-5H3,(H,21,26)/t13-,14-,15-,16-/m0/s1. The molecule has 1 fully saturated rings. The first kappa shape index (κ1) is 20.6. The first-order chi connectivity index (χ1) is 13.4. The van der Waals surface area contributed by atoms with Gasteiger partial charge >= 0.3 is 0 Å². The molecule has 28 heavy (non-hydrogen) atoms. The van der Waals surface area contributed by atoms with Gasteiger partial charge in [0.25, 0.3) is 0 Å². The predicted molar refractivity (Wildman–Crippen MR) is 110 cm³/mol. The fourth-order valence-electron chi connectivity index (χ4n) is 3.67. The first-order valence-electron chi connectivity index (χ1n) is 9.81. The van der Waals surface area contributed by atoms with Crippen molar-refractivity contribution >= 4 is 17.7 Å². The van der Waals surface area contributed by atoms with E-state index in [1.54, 1.807) is 11.8 Å². The summed E-state index contributed by atoms with van der Waals surface area (Å²) in [6, 6.07) is 6.08. The van der Waals surface area contributed by atoms with Gasteiger partial charge in [0, 0.05) is 6.04 Å². The van der Waals surface area contributed by atoms with Gasteiger partial charge in [-0.25, -0.2) is 0 Å². The molecule has 8 heteroatoms. The van der Waals surface area contributed by atoms with Gasteiger partial charge in [0.1, 0.15) is 11.4 Å². The van der Waals surface area contributed by atoms with Crippen LogP contribution in [0.1, 0.15) is 45.6 Å². The summed E-state index contributed by atoms with van der Waals surface area (Å²) >= 11 is 1.35. The van der Waals surface area contributed by atoms with Gasteiger partial charge in [0.15, 0.2) is 0 Å². The Hall–Kier alpha value is -2.09. The second kappa shape index (κ2) is 8.94. The van der Waals surface area contributed by atoms with Crippen molar-refractivity contribution in [1.29, 1.82) is 0 Å². The number of amides is 1. The minimum atomic E-state index is -0.301. The van der Waals surface area contributed by atoms with Crippen molar-refractivity contribution in [1.82, 2.24) is 25.5 Å². The minimum Gasteiger partial charge on any atom is -0.494 e. The van der Waals surface area contributed by atoms with E-state index in [0.717, 1.165) is 17.7 Å². The number of nitrogens with zero attached hydrogens (tertiary/aromatic N) is 4. The molecular weight excluding hydrogens is 374 g/mol. The Balaban J connectivity index is 1.72. The smallest absolute Gasteiger partial charge is 0.233 e. The number of aryl methyl sites for hydroxylation is 1. The summed E-state index contributed by atoms with van der Waals surface area (Å²) in [6.45, 7) is 8.40. The van der Waals surface area contributed by atoms with Gasteiger partial charge in [0.2, 0.25) is 11.1 Å². The molecule has 7 nitrogen and oxygen atoms in total. The third kappa shape index (κ3) is 4.48. The van der Waals surface area contributed by atoms with E-state index in [2.05, 4.69) is 34.7 Å². The molecule has 1 aliphatic rings. The van der Waals surface area contributed by atoms with Gasteiger partial charge in [-0.05, 0) is 60.2 Å². The number of nitrogens with one attached hydrogen (secondary N) is 1. The topological polar surface area (TPSA) is 81.9 Å². The lowest BCUT2D eigenvalue weighted by Crippen LogP contribution is -2.46. The van der Waals surface area contributed by atoms with Crippen LogP contribution < -0.4 is 10.1 Å². The number of tetrazole rings is 1. The number of methoxy groups -OCH3 is 1. The maximum Gasteiger partial charge on any atom is 0.233 e. The molecule has 0 unspecified atom stereocenters. The molecule has 0 spiro atoms. The number of thioether (sulfide) groups is 1. The van der Waals surface area contributed by atoms with E-state index in [0.29, 0.717) is 22.7 Å². The maximum absolute atomic E-state index is 12.8. The van der Waals surface area contributed by atoms with Crippen molar-refractivity contribution in [3.8, 4) is 11.4 Å². The fourth-order valence-corrected chi connectivity index (χ4v) is 4.48. The highest BCUT2D eigenvalue weighted by molar-refractivity contribution is 8.00. The lowest BCUT2D eigenvalue weighted by molar-refractivity contribution is -0.121. The number of aromatic nitrogens is 4. The lowest BCUT2D eigenvalue weighted by Gasteiger charge is -2.35. The van der Waals surface area contributed by atoms with E-state index < -0.39 is 0 Å². The van der Waals surface area contributed by atoms with Crippen LogP contribution in [0.5, 0.6) is 5.75 Å². The molecule has 0 radical (unpaired) electrons. The molecule has 3 rings (SSSR count). The zero-order valence-electron chi connectivity index (χ0n) is 17.2. The summed E-state index contributed by atoms with van der Waals surface area (Å²) < 4.78 is 7.08. The van der Waals surface area contributed by atoms with Crippen molar-refractivity contribution in [3.05, 3.63) is 23.8 Å². The van der Waals surface area contributed by atoms with Crippen LogP contribution >= 0.6 is 11.8 Å². The number of carbonyl (C=O) groups is 1. The Morgan fingerprint density at radius 1 is 1.36 bits per heavy atom. The summed E-state index contributed by atoms with van der Waals surface area (Å²) in [6.07, 6.45) is 3.46. The van der Waals surface area contributed by atoms with Crippen molar-refractivity contribution in [2.24, 2.45) is 11.8 Å². The van der Waals surface area contributed by atoms with E-state index >= 15 is 0 Å². The number of hydrogen-bond donors (Lipinski definition) is 1. The molecule has 1 heterocycles. The molecule has 1 N–H and O–H groups in total. The monoisotopic (exact) mass is 403 g/mol. The molecule has 0 saturated heterocycles. The third-order valence-corrected chi connectivity index (χ3v) is 6.72. The first-order valence-corrected chi connectivity index (χ1v) is 10.7. The Kier molecular flexibility index (Phi) is 6.59. The Bertz CT molecular complexity index is 825. The van der Waals surface area contributed by atoms with Crippen molar-refractivity contribution < 1.29 is 9.53 Å². The quantitative estimate of drug-likeness (QED) is 0.745. The Morgan fingerprint density at radius 3 is 2.89 bits per heavy atom. The highest BCUT2D eigenvalue weighted by Crippen LogP contribution is 2.31. The van der Waals surface area contributed by atoms with Gasteiger partial charge in [-0.15, -0.1) is 5.10 Å². The second-order valence-corrected chi connectivity index (χ2v) is 9.00. The number of ether oxygens (including phenoxy) is 1. The van der Waals surface area contributed by atoms with Crippen molar-refractivity contribution in [2.45, 2.75) is 63.4 Å². The molecule has 1 aromatic heterocycles. The molecular formula is C20H29N5O2S. The van der Waals surface area contributed by atoms with Gasteiger partial charge in [-0.3, -0.25) is 4.79 Å². The molecule has 152 valence electrons. The summed E-state index contributed by atoms with van der Waals surface area (Å²) in [7, 11) is 1.62. The zero-order chi connectivity index (χ0) is 20.3. The molecule has 1 amide bonds. The van der Waals surface area contributed by atoms with E-state index in [-0.39, 0.29) is 17.2 Å². The molecule has 1 aromatic carbocycles. The van der Waals surface area contributed by atoms with Crippen LogP contribution in [-0.2, 0) is 4.79 Å². The van der Waals surface area contributed by atoms with E-state index in [9.17, 15) is 4.79 Å². The van der Waals surface area contributed by atoms with E-state index in [1.807, 2.05) is 32.0 Å². The second-order valence-electron chi connectivity index (χ2n) is 7.69. The van der Waals surface area contributed by atoms with Gasteiger partial charge in [-0.2, -0.15) is 4.68 Å². The SMILES string of the molecule is COc1ccc(C)cc1-n1nnnc1S[C@@H](C)C(=O)N[C@H]1CCC[C@H](C)[C@@H]1C. The molecule has 0 aliphatic heterocycles. The summed E-state index contributed by atoms with van der Waals surface area (Å²) in [5.74, 6) is 1.85. The Labute approximate surface area is 170 Å². The normalized spacial score (nSPS) is 23.2. The highest BCUT2D eigenvalue weighted by atomic mass is 32.2. The van der Waals surface area contributed by atoms with Gasteiger partial charge < -0.3 is 10.1 Å². The number of hydrogen-bond acceptors (Lipinski definition) is 6. The maximum atomic E-state index is 12.8. The number of carbonyl (C=O) groups excluding carboxylic acids is 1. The van der Waals surface area contributed by atoms with Crippen molar-refractivity contribution in [2.75, 3.05) is 7.11 Å². The molecule has 1 aliphatic carbocycles. The molecule has 1 saturated carbocycles. The van der Waals surface area contributed by atoms with Gasteiger partial charge in [-0.1, -0.05) is 44.5 Å². The lowest BCUT2D eigenvalue weighted by atomic mass is 9.78. The van der Waals surface area contributed by atoms with Gasteiger partial charge in [0.05, 0.1) is 12.4 Å². The van der Waals surface area contributed by atoms with Crippen LogP contribution in [0.15, 0.2) is 23.4 Å². The molecule has 2 aromatic rings. The number of benzene rings is 1. The van der Waals surface area contributed by atoms with Crippen LogP contribution in [-0.4, -0.2) is 44.5 Å². The largest absolute Gasteiger partial charge is 0.494 e. The van der Waals surface area contributed by atoms with Crippen LogP contribution in [0.4, 0.5) is 0 Å². The van der Waals surface area contributed by atoms with Crippen LogP contribution in [0.25, 0.3) is 5.69 Å². The highest BCUT2D eigenvalue weighted by Gasteiger charge is 2.30. The van der Waals surface area contributed by atoms with E-state index in [4.69, 9.17) is 4.74 Å². The van der Waals surface area contributed by atoms with Crippen molar-refractivity contribution in [3.63, 3.8) is 0 Å². The van der Waals surface area contributed by atoms with E-state index in [1.165, 1.54) is 24.6 Å². The summed E-state index contributed by atoms with van der Waals surface area (Å²) in [4.78, 5) is 12.8.